The molecule has 1 N–H and O–H groups in total. The number of nitrogens with one attached hydrogen (secondary N) is 1. The van der Waals surface area contributed by atoms with Crippen LogP contribution >= 0.6 is 0 Å². The molecule has 0 saturated heterocycles. The van der Waals surface area contributed by atoms with Crippen molar-refractivity contribution in [3.63, 3.8) is 0 Å². The highest BCUT2D eigenvalue weighted by molar-refractivity contribution is 5.78. The minimum atomic E-state index is -0.780. The Kier molecular flexibility index (Phi) is 4.67. The molecule has 0 bridgehead atoms. The Morgan fingerprint density at radius 1 is 1.07 bits per heavy atom. The first-order valence-electron chi connectivity index (χ1n) is 8.72. The zero-order chi connectivity index (χ0) is 20.5. The van der Waals surface area contributed by atoms with Gasteiger partial charge in [0.25, 0.3) is 5.56 Å². The smallest absolute Gasteiger partial charge is 0.333 e. The van der Waals surface area contributed by atoms with Crippen molar-refractivity contribution in [1.82, 2.24) is 14.5 Å². The lowest BCUT2D eigenvalue weighted by molar-refractivity contribution is 0.294. The van der Waals surface area contributed by atoms with Crippen LogP contribution < -0.4 is 16.0 Å². The molecule has 2 aromatic heterocycles. The Balaban J connectivity index is 1.79. The summed E-state index contributed by atoms with van der Waals surface area (Å²) in [5.41, 5.74) is -0.406. The standard InChI is InChI=1S/C21H15F2N3O3/c1-12-7-8-13(29-11-17-14(22)5-3-9-24-17)10-18(12)26-20(27)19-15(23)4-2-6-16(19)25-21(26)28/h2-10H,11H2,1H3,(H,25,28). The number of pyridine rings is 1. The monoisotopic (exact) mass is 395 g/mol. The van der Waals surface area contributed by atoms with Crippen LogP contribution in [0, 0.1) is 18.6 Å². The Hall–Kier alpha value is -3.81. The molecule has 0 aliphatic rings. The summed E-state index contributed by atoms with van der Waals surface area (Å²) in [5.74, 6) is -0.929. The minimum Gasteiger partial charge on any atom is -0.487 e. The molecule has 8 heteroatoms. The molecule has 0 unspecified atom stereocenters. The predicted octanol–water partition coefficient (Wildman–Crippen LogP) is 3.24. The number of aromatic nitrogens is 3. The average Bonchev–Trinajstić information content (AvgIpc) is 2.69. The maximum Gasteiger partial charge on any atom is 0.333 e. The molecule has 2 heterocycles. The summed E-state index contributed by atoms with van der Waals surface area (Å²) >= 11 is 0. The molecule has 6 nitrogen and oxygen atoms in total. The van der Waals surface area contributed by atoms with E-state index in [9.17, 15) is 18.4 Å². The second kappa shape index (κ2) is 7.31. The van der Waals surface area contributed by atoms with Gasteiger partial charge < -0.3 is 9.72 Å². The minimum absolute atomic E-state index is 0.118. The zero-order valence-electron chi connectivity index (χ0n) is 15.3. The van der Waals surface area contributed by atoms with E-state index in [1.165, 1.54) is 36.5 Å². The SMILES string of the molecule is Cc1ccc(OCc2ncccc2F)cc1-n1c(=O)[nH]c2cccc(F)c2c1=O. The second-order valence-electron chi connectivity index (χ2n) is 6.40. The lowest BCUT2D eigenvalue weighted by Crippen LogP contribution is -2.34. The summed E-state index contributed by atoms with van der Waals surface area (Å²) < 4.78 is 34.4. The fraction of sp³-hybridized carbons (Fsp3) is 0.0952. The summed E-state index contributed by atoms with van der Waals surface area (Å²) in [6, 6.07) is 11.5. The van der Waals surface area contributed by atoms with Crippen molar-refractivity contribution < 1.29 is 13.5 Å². The molecular formula is C21H15F2N3O3. The highest BCUT2D eigenvalue weighted by Gasteiger charge is 2.15. The number of aromatic amines is 1. The lowest BCUT2D eigenvalue weighted by atomic mass is 10.1. The molecular weight excluding hydrogens is 380 g/mol. The van der Waals surface area contributed by atoms with Gasteiger partial charge in [-0.15, -0.1) is 0 Å². The van der Waals surface area contributed by atoms with Crippen LogP contribution in [0.5, 0.6) is 5.75 Å². The van der Waals surface area contributed by atoms with Crippen LogP contribution in [0.25, 0.3) is 16.6 Å². The van der Waals surface area contributed by atoms with Crippen LogP contribution in [-0.2, 0) is 6.61 Å². The number of aryl methyl sites for hydroxylation is 1. The topological polar surface area (TPSA) is 77.0 Å². The molecule has 29 heavy (non-hydrogen) atoms. The van der Waals surface area contributed by atoms with Gasteiger partial charge in [-0.25, -0.2) is 18.1 Å². The highest BCUT2D eigenvalue weighted by atomic mass is 19.1. The summed E-state index contributed by atoms with van der Waals surface area (Å²) in [6.07, 6.45) is 1.45. The van der Waals surface area contributed by atoms with Crippen LogP contribution in [0.2, 0.25) is 0 Å². The Labute approximate surface area is 163 Å². The fourth-order valence-corrected chi connectivity index (χ4v) is 3.04. The van der Waals surface area contributed by atoms with Crippen molar-refractivity contribution in [2.75, 3.05) is 0 Å². The van der Waals surface area contributed by atoms with Crippen molar-refractivity contribution in [2.45, 2.75) is 13.5 Å². The number of hydrogen-bond acceptors (Lipinski definition) is 4. The second-order valence-corrected chi connectivity index (χ2v) is 6.40. The number of ether oxygens (including phenoxy) is 1. The first kappa shape index (κ1) is 18.5. The third-order valence-corrected chi connectivity index (χ3v) is 4.51. The van der Waals surface area contributed by atoms with E-state index < -0.39 is 22.9 Å². The number of benzene rings is 2. The van der Waals surface area contributed by atoms with Crippen LogP contribution in [0.3, 0.4) is 0 Å². The predicted molar refractivity (Wildman–Crippen MR) is 103 cm³/mol. The van der Waals surface area contributed by atoms with E-state index in [0.717, 1.165) is 10.6 Å². The van der Waals surface area contributed by atoms with Gasteiger partial charge in [0.1, 0.15) is 29.7 Å². The molecule has 4 rings (SSSR count). The van der Waals surface area contributed by atoms with Crippen LogP contribution in [0.15, 0.2) is 64.3 Å². The van der Waals surface area contributed by atoms with Gasteiger partial charge in [0.15, 0.2) is 0 Å². The number of rotatable bonds is 4. The van der Waals surface area contributed by atoms with E-state index >= 15 is 0 Å². The van der Waals surface area contributed by atoms with Crippen LogP contribution in [0.1, 0.15) is 11.3 Å². The summed E-state index contributed by atoms with van der Waals surface area (Å²) in [4.78, 5) is 31.8. The Morgan fingerprint density at radius 2 is 1.86 bits per heavy atom. The van der Waals surface area contributed by atoms with Crippen molar-refractivity contribution in [3.8, 4) is 11.4 Å². The van der Waals surface area contributed by atoms with Gasteiger partial charge in [0.05, 0.1) is 16.6 Å². The quantitative estimate of drug-likeness (QED) is 0.576. The molecule has 0 radical (unpaired) electrons. The fourth-order valence-electron chi connectivity index (χ4n) is 3.04. The number of halogens is 2. The van der Waals surface area contributed by atoms with E-state index in [4.69, 9.17) is 4.74 Å². The summed E-state index contributed by atoms with van der Waals surface area (Å²) in [6.45, 7) is 1.57. The molecule has 0 saturated carbocycles. The van der Waals surface area contributed by atoms with Crippen LogP contribution in [-0.4, -0.2) is 14.5 Å². The normalized spacial score (nSPS) is 11.0. The molecule has 146 valence electrons. The molecule has 4 aromatic rings. The van der Waals surface area contributed by atoms with Gasteiger partial charge in [-0.05, 0) is 42.8 Å². The van der Waals surface area contributed by atoms with Gasteiger partial charge >= 0.3 is 5.69 Å². The third kappa shape index (κ3) is 3.40. The van der Waals surface area contributed by atoms with Gasteiger partial charge in [-0.2, -0.15) is 0 Å². The van der Waals surface area contributed by atoms with Crippen molar-refractivity contribution in [1.29, 1.82) is 0 Å². The number of fused-ring (bicyclic) bond motifs is 1. The third-order valence-electron chi connectivity index (χ3n) is 4.51. The number of hydrogen-bond donors (Lipinski definition) is 1. The van der Waals surface area contributed by atoms with E-state index in [0.29, 0.717) is 11.3 Å². The molecule has 0 fully saturated rings. The molecule has 0 spiro atoms. The van der Waals surface area contributed by atoms with Crippen molar-refractivity contribution in [3.05, 3.63) is 98.5 Å². The summed E-state index contributed by atoms with van der Waals surface area (Å²) in [5, 5.41) is -0.214. The lowest BCUT2D eigenvalue weighted by Gasteiger charge is -2.12. The van der Waals surface area contributed by atoms with E-state index in [-0.39, 0.29) is 28.9 Å². The molecule has 0 amide bonds. The highest BCUT2D eigenvalue weighted by Crippen LogP contribution is 2.21. The number of nitrogens with zero attached hydrogens (tertiary/aromatic N) is 2. The largest absolute Gasteiger partial charge is 0.487 e. The molecule has 2 aromatic carbocycles. The maximum atomic E-state index is 14.2. The van der Waals surface area contributed by atoms with Crippen molar-refractivity contribution >= 4 is 10.9 Å². The van der Waals surface area contributed by atoms with E-state index in [2.05, 4.69) is 9.97 Å². The Bertz CT molecular complexity index is 1350. The van der Waals surface area contributed by atoms with E-state index in [1.54, 1.807) is 19.1 Å². The molecule has 0 aliphatic carbocycles. The first-order valence-corrected chi connectivity index (χ1v) is 8.72. The van der Waals surface area contributed by atoms with Gasteiger partial charge in [0.2, 0.25) is 0 Å². The van der Waals surface area contributed by atoms with Gasteiger partial charge in [0, 0.05) is 12.3 Å². The first-order chi connectivity index (χ1) is 14.0. The van der Waals surface area contributed by atoms with Gasteiger partial charge in [-0.1, -0.05) is 12.1 Å². The summed E-state index contributed by atoms with van der Waals surface area (Å²) in [7, 11) is 0. The number of H-pyrrole nitrogens is 1. The zero-order valence-corrected chi connectivity index (χ0v) is 15.3. The van der Waals surface area contributed by atoms with E-state index in [1.807, 2.05) is 0 Å². The molecule has 0 aliphatic heterocycles. The van der Waals surface area contributed by atoms with Crippen molar-refractivity contribution in [2.24, 2.45) is 0 Å². The molecule has 0 atom stereocenters. The van der Waals surface area contributed by atoms with Crippen LogP contribution in [0.4, 0.5) is 8.78 Å². The Morgan fingerprint density at radius 3 is 2.66 bits per heavy atom. The van der Waals surface area contributed by atoms with Gasteiger partial charge in [-0.3, -0.25) is 9.78 Å². The maximum absolute atomic E-state index is 14.2. The average molecular weight is 395 g/mol.